The van der Waals surface area contributed by atoms with Gasteiger partial charge in [0.05, 0.1) is 16.9 Å². The molecule has 0 atom stereocenters. The molecule has 1 aromatic heterocycles. The van der Waals surface area contributed by atoms with Crippen molar-refractivity contribution < 1.29 is 31.8 Å². The molecule has 1 heterocycles. The molecule has 4 fully saturated rings. The molecular formula is C21H20ClF4N3O3. The summed E-state index contributed by atoms with van der Waals surface area (Å²) in [4.78, 5) is 12.3. The first-order valence-corrected chi connectivity index (χ1v) is 10.6. The zero-order valence-electron chi connectivity index (χ0n) is 16.8. The van der Waals surface area contributed by atoms with E-state index in [1.807, 2.05) is 6.20 Å². The van der Waals surface area contributed by atoms with Crippen LogP contribution in [0.15, 0.2) is 30.6 Å². The van der Waals surface area contributed by atoms with E-state index in [1.54, 1.807) is 16.9 Å². The lowest BCUT2D eigenvalue weighted by molar-refractivity contribution is -0.432. The quantitative estimate of drug-likeness (QED) is 0.478. The lowest BCUT2D eigenvalue weighted by Gasteiger charge is -2.70. The van der Waals surface area contributed by atoms with Gasteiger partial charge in [-0.25, -0.2) is 9.07 Å². The maximum Gasteiger partial charge on any atom is 0.524 e. The molecule has 0 spiro atoms. The Kier molecular flexibility index (Phi) is 4.85. The van der Waals surface area contributed by atoms with Gasteiger partial charge in [0.15, 0.2) is 5.79 Å². The maximum absolute atomic E-state index is 13.7. The first kappa shape index (κ1) is 21.7. The van der Waals surface area contributed by atoms with E-state index in [0.29, 0.717) is 31.4 Å². The molecule has 1 aromatic carbocycles. The standard InChI is InChI=1S/C21H20ClF4N3O3/c22-15-3-2-14(6-16(15)23)29-8-13(7-27-29)18-10-19(11-18,12-18)28-17(30)9-31-20(4-1-5-20)32-21(24,25)26/h2-3,6-8H,1,4-5,9-12H2,(H,28,30). The van der Waals surface area contributed by atoms with Gasteiger partial charge in [0.2, 0.25) is 5.91 Å². The average Bonchev–Trinajstić information content (AvgIpc) is 3.10. The predicted molar refractivity (Wildman–Crippen MR) is 105 cm³/mol. The van der Waals surface area contributed by atoms with Gasteiger partial charge in [-0.2, -0.15) is 5.10 Å². The van der Waals surface area contributed by atoms with E-state index < -0.39 is 30.5 Å². The molecule has 4 aliphatic carbocycles. The summed E-state index contributed by atoms with van der Waals surface area (Å²) in [6, 6.07) is 4.44. The summed E-state index contributed by atoms with van der Waals surface area (Å²) < 4.78 is 62.2. The number of hydrogen-bond donors (Lipinski definition) is 1. The van der Waals surface area contributed by atoms with Crippen molar-refractivity contribution in [2.24, 2.45) is 0 Å². The number of ether oxygens (including phenoxy) is 2. The SMILES string of the molecule is O=C(COC1(OC(F)(F)F)CCC1)NC12CC(c3cnn(-c4ccc(Cl)c(F)c4)c3)(C1)C2. The summed E-state index contributed by atoms with van der Waals surface area (Å²) in [7, 11) is 0. The molecule has 1 N–H and O–H groups in total. The van der Waals surface area contributed by atoms with Crippen LogP contribution in [-0.4, -0.2) is 40.0 Å². The van der Waals surface area contributed by atoms with Crippen LogP contribution in [0.25, 0.3) is 5.69 Å². The van der Waals surface area contributed by atoms with Crippen molar-refractivity contribution in [1.29, 1.82) is 0 Å². The Hall–Kier alpha value is -2.17. The number of aromatic nitrogens is 2. The second kappa shape index (κ2) is 7.16. The lowest BCUT2D eigenvalue weighted by Crippen LogP contribution is -2.77. The Morgan fingerprint density at radius 3 is 2.56 bits per heavy atom. The molecule has 11 heteroatoms. The predicted octanol–water partition coefficient (Wildman–Crippen LogP) is 4.39. The third kappa shape index (κ3) is 3.78. The average molecular weight is 474 g/mol. The zero-order valence-corrected chi connectivity index (χ0v) is 17.6. The molecule has 172 valence electrons. The number of carbonyl (C=O) groups is 1. The van der Waals surface area contributed by atoms with Gasteiger partial charge in [-0.1, -0.05) is 11.6 Å². The van der Waals surface area contributed by atoms with E-state index in [4.69, 9.17) is 16.3 Å². The minimum atomic E-state index is -4.81. The highest BCUT2D eigenvalue weighted by atomic mass is 35.5. The van der Waals surface area contributed by atoms with Crippen LogP contribution in [0.3, 0.4) is 0 Å². The van der Waals surface area contributed by atoms with E-state index in [-0.39, 0.29) is 28.8 Å². The van der Waals surface area contributed by atoms with Crippen molar-refractivity contribution in [3.63, 3.8) is 0 Å². The second-order valence-electron chi connectivity index (χ2n) is 9.01. The zero-order chi connectivity index (χ0) is 22.8. The van der Waals surface area contributed by atoms with Crippen LogP contribution < -0.4 is 5.32 Å². The molecule has 0 radical (unpaired) electrons. The van der Waals surface area contributed by atoms with Gasteiger partial charge >= 0.3 is 6.36 Å². The van der Waals surface area contributed by atoms with E-state index in [0.717, 1.165) is 5.56 Å². The Labute approximate surface area is 185 Å². The smallest absolute Gasteiger partial charge is 0.349 e. The summed E-state index contributed by atoms with van der Waals surface area (Å²) in [5, 5.41) is 7.24. The van der Waals surface area contributed by atoms with Crippen LogP contribution in [0.1, 0.15) is 44.1 Å². The highest BCUT2D eigenvalue weighted by molar-refractivity contribution is 6.30. The molecule has 6 rings (SSSR count). The third-order valence-corrected chi connectivity index (χ3v) is 6.99. The van der Waals surface area contributed by atoms with Gasteiger partial charge in [0.25, 0.3) is 0 Å². The highest BCUT2D eigenvalue weighted by Gasteiger charge is 2.69. The van der Waals surface area contributed by atoms with Crippen molar-refractivity contribution in [3.05, 3.63) is 47.0 Å². The molecule has 6 nitrogen and oxygen atoms in total. The van der Waals surface area contributed by atoms with E-state index in [2.05, 4.69) is 15.2 Å². The number of hydrogen-bond acceptors (Lipinski definition) is 4. The van der Waals surface area contributed by atoms with Crippen LogP contribution in [0.2, 0.25) is 5.02 Å². The number of nitrogens with one attached hydrogen (secondary N) is 1. The van der Waals surface area contributed by atoms with Gasteiger partial charge in [-0.05, 0) is 43.4 Å². The molecule has 0 saturated heterocycles. The Morgan fingerprint density at radius 2 is 1.97 bits per heavy atom. The molecule has 0 aliphatic heterocycles. The Morgan fingerprint density at radius 1 is 1.25 bits per heavy atom. The molecule has 32 heavy (non-hydrogen) atoms. The normalized spacial score (nSPS) is 27.8. The third-order valence-electron chi connectivity index (χ3n) is 6.68. The second-order valence-corrected chi connectivity index (χ2v) is 9.42. The van der Waals surface area contributed by atoms with Gasteiger partial charge in [0, 0.05) is 36.1 Å². The minimum Gasteiger partial charge on any atom is -0.349 e. The maximum atomic E-state index is 13.7. The van der Waals surface area contributed by atoms with Crippen LogP contribution in [0.4, 0.5) is 17.6 Å². The van der Waals surface area contributed by atoms with Crippen molar-refractivity contribution in [2.75, 3.05) is 6.61 Å². The van der Waals surface area contributed by atoms with Crippen molar-refractivity contribution in [1.82, 2.24) is 15.1 Å². The number of halogens is 5. The highest BCUT2D eigenvalue weighted by Crippen LogP contribution is 2.67. The summed E-state index contributed by atoms with van der Waals surface area (Å²) in [6.07, 6.45) is 1.65. The summed E-state index contributed by atoms with van der Waals surface area (Å²) >= 11 is 5.72. The van der Waals surface area contributed by atoms with Gasteiger partial charge < -0.3 is 10.1 Å². The molecule has 4 aliphatic rings. The summed E-state index contributed by atoms with van der Waals surface area (Å²) in [5.74, 6) is -2.73. The molecule has 0 unspecified atom stereocenters. The molecule has 1 amide bonds. The fourth-order valence-electron chi connectivity index (χ4n) is 5.07. The number of benzene rings is 1. The fraction of sp³-hybridized carbons (Fsp3) is 0.524. The molecule has 4 saturated carbocycles. The molecule has 2 aromatic rings. The topological polar surface area (TPSA) is 65.4 Å². The van der Waals surface area contributed by atoms with Crippen molar-refractivity contribution in [2.45, 2.75) is 61.6 Å². The molecule has 2 bridgehead atoms. The largest absolute Gasteiger partial charge is 0.524 e. The van der Waals surface area contributed by atoms with Gasteiger partial charge in [-0.3, -0.25) is 9.53 Å². The number of amides is 1. The first-order valence-electron chi connectivity index (χ1n) is 10.2. The number of alkyl halides is 3. The number of nitrogens with zero attached hydrogens (tertiary/aromatic N) is 2. The fourth-order valence-corrected chi connectivity index (χ4v) is 5.19. The van der Waals surface area contributed by atoms with Gasteiger partial charge in [0.1, 0.15) is 12.4 Å². The van der Waals surface area contributed by atoms with E-state index in [1.165, 1.54) is 12.1 Å². The van der Waals surface area contributed by atoms with Crippen molar-refractivity contribution in [3.8, 4) is 5.69 Å². The van der Waals surface area contributed by atoms with Crippen LogP contribution in [0.5, 0.6) is 0 Å². The van der Waals surface area contributed by atoms with E-state index in [9.17, 15) is 22.4 Å². The van der Waals surface area contributed by atoms with Crippen LogP contribution in [-0.2, 0) is 19.7 Å². The number of carbonyl (C=O) groups excluding carboxylic acids is 1. The first-order chi connectivity index (χ1) is 15.0. The van der Waals surface area contributed by atoms with Crippen LogP contribution in [0, 0.1) is 5.82 Å². The summed E-state index contributed by atoms with van der Waals surface area (Å²) in [5.41, 5.74) is 1.07. The Balaban J connectivity index is 1.15. The van der Waals surface area contributed by atoms with Gasteiger partial charge in [-0.15, -0.1) is 13.2 Å². The summed E-state index contributed by atoms with van der Waals surface area (Å²) in [6.45, 7) is -0.481. The lowest BCUT2D eigenvalue weighted by atomic mass is 9.37. The van der Waals surface area contributed by atoms with E-state index >= 15 is 0 Å². The van der Waals surface area contributed by atoms with Crippen molar-refractivity contribution >= 4 is 17.5 Å². The monoisotopic (exact) mass is 473 g/mol. The number of rotatable bonds is 7. The minimum absolute atomic E-state index is 0.0374. The van der Waals surface area contributed by atoms with Crippen LogP contribution >= 0.6 is 11.6 Å². The Bertz CT molecular complexity index is 1050. The molecular weight excluding hydrogens is 454 g/mol.